The maximum Gasteiger partial charge on any atom is 0.252 e. The van der Waals surface area contributed by atoms with Crippen LogP contribution in [-0.2, 0) is 0 Å². The molecule has 2 aromatic heterocycles. The monoisotopic (exact) mass is 959 g/mol. The van der Waals surface area contributed by atoms with Crippen LogP contribution in [0.1, 0.15) is 0 Å². The normalized spacial score (nSPS) is 12.7. The Morgan fingerprint density at radius 2 is 0.789 bits per heavy atom. The van der Waals surface area contributed by atoms with Gasteiger partial charge in [0.15, 0.2) is 0 Å². The van der Waals surface area contributed by atoms with E-state index in [1.165, 1.54) is 148 Å². The van der Waals surface area contributed by atoms with Gasteiger partial charge in [-0.2, -0.15) is 0 Å². The fraction of sp³-hybridized carbons (Fsp3) is 0. The van der Waals surface area contributed by atoms with Gasteiger partial charge < -0.3 is 14.0 Å². The molecule has 0 saturated carbocycles. The standard InChI is InChI=1S/C72H42BN3/c1-3-14-43(15-4-1)45-26-32-50(33-27-45)74(51-34-28-46(29-35-51)44-16-5-2-6-17-44)52-41-63-70-64(42-52)76-62-39-31-48-20-13-25-57-55-23-11-12-24-56(55)58-36-37-59(71(76)68(58)69(62)65(48)57)73(70)60-40-49-19-8-10-22-54(49)67-66-53-21-9-7-18-47(53)30-38-61(66)75(63)72(60)67/h1-42H. The Hall–Kier alpha value is -9.90. The van der Waals surface area contributed by atoms with Crippen LogP contribution in [0.25, 0.3) is 132 Å². The van der Waals surface area contributed by atoms with Crippen LogP contribution in [0, 0.1) is 0 Å². The molecule has 0 unspecified atom stereocenters. The molecule has 0 N–H and O–H groups in total. The predicted octanol–water partition coefficient (Wildman–Crippen LogP) is 16.9. The molecule has 13 aromatic carbocycles. The van der Waals surface area contributed by atoms with E-state index in [0.29, 0.717) is 0 Å². The van der Waals surface area contributed by atoms with Crippen molar-refractivity contribution >= 4 is 116 Å². The fourth-order valence-electron chi connectivity index (χ4n) is 14.3. The Bertz CT molecular complexity index is 4950. The SMILES string of the molecule is c1ccc(-c2ccc(N(c3ccc(-c4ccccc4)cc3)c3cc4c5c(c3)-n3c6ccc7ccccc7c6c6c7ccccc7cc(c63)B5c3ccc5c6c7c8c(cccc8ccc7n-4c36)-c3ccccc3-5)cc2)cc1. The van der Waals surface area contributed by atoms with Gasteiger partial charge in [-0.1, -0.05) is 206 Å². The van der Waals surface area contributed by atoms with Crippen molar-refractivity contribution in [2.24, 2.45) is 0 Å². The van der Waals surface area contributed by atoms with E-state index in [2.05, 4.69) is 269 Å². The number of fused-ring (bicyclic) bond motifs is 15. The number of aromatic nitrogens is 2. The second kappa shape index (κ2) is 14.9. The van der Waals surface area contributed by atoms with Crippen molar-refractivity contribution in [3.63, 3.8) is 0 Å². The van der Waals surface area contributed by atoms with Crippen molar-refractivity contribution in [1.29, 1.82) is 0 Å². The zero-order valence-corrected chi connectivity index (χ0v) is 41.2. The van der Waals surface area contributed by atoms with Crippen molar-refractivity contribution in [2.45, 2.75) is 0 Å². The van der Waals surface area contributed by atoms with Gasteiger partial charge in [0.2, 0.25) is 0 Å². The third-order valence-electron chi connectivity index (χ3n) is 17.4. The average Bonchev–Trinajstić information content (AvgIpc) is 4.21. The molecule has 4 heterocycles. The molecule has 0 spiro atoms. The Labute approximate surface area is 438 Å². The Morgan fingerprint density at radius 3 is 1.45 bits per heavy atom. The first-order chi connectivity index (χ1) is 37.7. The van der Waals surface area contributed by atoms with Gasteiger partial charge in [-0.25, -0.2) is 0 Å². The van der Waals surface area contributed by atoms with Crippen LogP contribution >= 0.6 is 0 Å². The molecule has 76 heavy (non-hydrogen) atoms. The molecule has 1 aliphatic carbocycles. The van der Waals surface area contributed by atoms with Crippen molar-refractivity contribution in [3.8, 4) is 55.9 Å². The van der Waals surface area contributed by atoms with Crippen LogP contribution < -0.4 is 21.3 Å². The van der Waals surface area contributed by atoms with Gasteiger partial charge in [-0.15, -0.1) is 0 Å². The summed E-state index contributed by atoms with van der Waals surface area (Å²) < 4.78 is 5.33. The van der Waals surface area contributed by atoms with Gasteiger partial charge in [0.05, 0.1) is 27.8 Å². The van der Waals surface area contributed by atoms with Crippen LogP contribution in [0.2, 0.25) is 0 Å². The van der Waals surface area contributed by atoms with Crippen LogP contribution in [0.15, 0.2) is 255 Å². The zero-order chi connectivity index (χ0) is 49.3. The Balaban J connectivity index is 1.01. The number of anilines is 3. The molecule has 0 amide bonds. The lowest BCUT2D eigenvalue weighted by atomic mass is 9.34. The second-order valence-electron chi connectivity index (χ2n) is 21.1. The summed E-state index contributed by atoms with van der Waals surface area (Å²) in [6.45, 7) is -0.0481. The minimum absolute atomic E-state index is 0.0481. The highest BCUT2D eigenvalue weighted by molar-refractivity contribution is 7.00. The van der Waals surface area contributed by atoms with Crippen LogP contribution in [0.5, 0.6) is 0 Å². The second-order valence-corrected chi connectivity index (χ2v) is 21.1. The molecule has 0 saturated heterocycles. The van der Waals surface area contributed by atoms with Gasteiger partial charge in [0.25, 0.3) is 6.71 Å². The molecule has 0 atom stereocenters. The molecular formula is C72H42BN3. The average molecular weight is 960 g/mol. The molecule has 2 aliphatic heterocycles. The predicted molar refractivity (Wildman–Crippen MR) is 322 cm³/mol. The third kappa shape index (κ3) is 5.27. The van der Waals surface area contributed by atoms with Crippen molar-refractivity contribution in [2.75, 3.05) is 4.90 Å². The van der Waals surface area contributed by atoms with Crippen LogP contribution in [-0.4, -0.2) is 15.8 Å². The fourth-order valence-corrected chi connectivity index (χ4v) is 14.3. The quantitative estimate of drug-likeness (QED) is 0.157. The summed E-state index contributed by atoms with van der Waals surface area (Å²) in [4.78, 5) is 2.49. The third-order valence-corrected chi connectivity index (χ3v) is 17.4. The minimum Gasteiger partial charge on any atom is -0.310 e. The number of hydrogen-bond donors (Lipinski definition) is 0. The molecule has 348 valence electrons. The first kappa shape index (κ1) is 40.6. The molecule has 3 aliphatic rings. The summed E-state index contributed by atoms with van der Waals surface area (Å²) >= 11 is 0. The minimum atomic E-state index is -0.0481. The summed E-state index contributed by atoms with van der Waals surface area (Å²) in [5.74, 6) is 0. The lowest BCUT2D eigenvalue weighted by Gasteiger charge is -2.36. The molecule has 0 radical (unpaired) electrons. The van der Waals surface area contributed by atoms with Gasteiger partial charge >= 0.3 is 0 Å². The van der Waals surface area contributed by atoms with E-state index in [9.17, 15) is 0 Å². The van der Waals surface area contributed by atoms with Gasteiger partial charge in [0.1, 0.15) is 0 Å². The first-order valence-corrected chi connectivity index (χ1v) is 26.5. The van der Waals surface area contributed by atoms with Crippen LogP contribution in [0.3, 0.4) is 0 Å². The largest absolute Gasteiger partial charge is 0.310 e. The van der Waals surface area contributed by atoms with Crippen LogP contribution in [0.4, 0.5) is 17.1 Å². The summed E-state index contributed by atoms with van der Waals surface area (Å²) in [5, 5.41) is 13.0. The van der Waals surface area contributed by atoms with Crippen molar-refractivity contribution < 1.29 is 0 Å². The maximum absolute atomic E-state index is 2.67. The Morgan fingerprint density at radius 1 is 0.289 bits per heavy atom. The molecule has 3 nitrogen and oxygen atoms in total. The van der Waals surface area contributed by atoms with E-state index in [0.717, 1.165) is 17.1 Å². The smallest absolute Gasteiger partial charge is 0.252 e. The molecule has 0 bridgehead atoms. The lowest BCUT2D eigenvalue weighted by molar-refractivity contribution is 1.13. The number of hydrogen-bond acceptors (Lipinski definition) is 1. The summed E-state index contributed by atoms with van der Waals surface area (Å²) in [5.41, 5.74) is 24.7. The highest BCUT2D eigenvalue weighted by atomic mass is 15.2. The maximum atomic E-state index is 2.67. The molecular weight excluding hydrogens is 918 g/mol. The first-order valence-electron chi connectivity index (χ1n) is 26.5. The van der Waals surface area contributed by atoms with Gasteiger partial charge in [-0.05, 0) is 142 Å². The van der Waals surface area contributed by atoms with Crippen molar-refractivity contribution in [3.05, 3.63) is 255 Å². The summed E-state index contributed by atoms with van der Waals surface area (Å²) in [6, 6.07) is 95.9. The highest BCUT2D eigenvalue weighted by Crippen LogP contribution is 2.52. The number of benzene rings is 13. The molecule has 18 rings (SSSR count). The lowest BCUT2D eigenvalue weighted by Crippen LogP contribution is -2.59. The number of nitrogens with zero attached hydrogens (tertiary/aromatic N) is 3. The van der Waals surface area contributed by atoms with E-state index in [4.69, 9.17) is 0 Å². The van der Waals surface area contributed by atoms with E-state index in [1.807, 2.05) is 0 Å². The zero-order valence-electron chi connectivity index (χ0n) is 41.2. The van der Waals surface area contributed by atoms with Crippen molar-refractivity contribution in [1.82, 2.24) is 9.13 Å². The molecule has 15 aromatic rings. The molecule has 4 heteroatoms. The Kier molecular flexibility index (Phi) is 7.94. The van der Waals surface area contributed by atoms with Gasteiger partial charge in [0, 0.05) is 44.3 Å². The molecule has 0 fully saturated rings. The van der Waals surface area contributed by atoms with E-state index in [-0.39, 0.29) is 6.71 Å². The summed E-state index contributed by atoms with van der Waals surface area (Å²) in [7, 11) is 0. The van der Waals surface area contributed by atoms with Gasteiger partial charge in [-0.3, -0.25) is 0 Å². The number of rotatable bonds is 5. The highest BCUT2D eigenvalue weighted by Gasteiger charge is 2.43. The topological polar surface area (TPSA) is 13.1 Å². The van der Waals surface area contributed by atoms with E-state index >= 15 is 0 Å². The summed E-state index contributed by atoms with van der Waals surface area (Å²) in [6.07, 6.45) is 0. The van der Waals surface area contributed by atoms with E-state index < -0.39 is 0 Å². The van der Waals surface area contributed by atoms with E-state index in [1.54, 1.807) is 0 Å².